The Bertz CT molecular complexity index is 734. The van der Waals surface area contributed by atoms with Crippen molar-refractivity contribution in [1.82, 2.24) is 10.6 Å². The molecule has 1 aliphatic rings. The van der Waals surface area contributed by atoms with Crippen molar-refractivity contribution in [3.63, 3.8) is 0 Å². The first-order chi connectivity index (χ1) is 13.8. The van der Waals surface area contributed by atoms with Gasteiger partial charge in [0.15, 0.2) is 0 Å². The highest BCUT2D eigenvalue weighted by molar-refractivity contribution is 5.90. The van der Waals surface area contributed by atoms with Crippen LogP contribution >= 0.6 is 0 Å². The fraction of sp³-hybridized carbons (Fsp3) is 0.524. The minimum atomic E-state index is -1.19. The van der Waals surface area contributed by atoms with E-state index in [0.717, 1.165) is 5.56 Å². The summed E-state index contributed by atoms with van der Waals surface area (Å²) in [6.45, 7) is 3.53. The smallest absolute Gasteiger partial charge is 0.408 e. The Balaban J connectivity index is 1.96. The molecule has 0 radical (unpaired) electrons. The molecular formula is C21H28N2O6. The number of alkyl carbamates (subject to hydrolysis) is 1. The molecule has 1 saturated carbocycles. The number of hydrogen-bond acceptors (Lipinski definition) is 5. The second kappa shape index (κ2) is 10.6. The molecule has 0 unspecified atom stereocenters. The van der Waals surface area contributed by atoms with Crippen molar-refractivity contribution in [2.45, 2.75) is 58.2 Å². The first-order valence-electron chi connectivity index (χ1n) is 9.80. The number of Topliss-reactive ketones (excluding diaryl/α,β-unsaturated/α-hetero) is 1. The van der Waals surface area contributed by atoms with Gasteiger partial charge in [-0.25, -0.2) is 9.59 Å². The van der Waals surface area contributed by atoms with Gasteiger partial charge in [-0.05, 0) is 30.2 Å². The lowest BCUT2D eigenvalue weighted by Gasteiger charge is -2.29. The number of ether oxygens (including phenoxy) is 1. The number of carboxylic acids is 1. The van der Waals surface area contributed by atoms with Crippen LogP contribution in [0.25, 0.3) is 0 Å². The van der Waals surface area contributed by atoms with E-state index < -0.39 is 36.0 Å². The first kappa shape index (κ1) is 22.4. The number of carbonyl (C=O) groups is 4. The van der Waals surface area contributed by atoms with Crippen molar-refractivity contribution in [1.29, 1.82) is 0 Å². The fourth-order valence-corrected chi connectivity index (χ4v) is 3.39. The molecule has 29 heavy (non-hydrogen) atoms. The molecule has 0 heterocycles. The van der Waals surface area contributed by atoms with Gasteiger partial charge in [-0.1, -0.05) is 44.2 Å². The molecule has 1 aromatic carbocycles. The van der Waals surface area contributed by atoms with Crippen LogP contribution < -0.4 is 10.6 Å². The van der Waals surface area contributed by atoms with Crippen LogP contribution in [0, 0.1) is 11.8 Å². The summed E-state index contributed by atoms with van der Waals surface area (Å²) in [5, 5.41) is 14.6. The summed E-state index contributed by atoms with van der Waals surface area (Å²) in [5.74, 6) is -2.53. The highest BCUT2D eigenvalue weighted by atomic mass is 16.5. The molecule has 0 bridgehead atoms. The Morgan fingerprint density at radius 3 is 2.45 bits per heavy atom. The molecule has 1 fully saturated rings. The van der Waals surface area contributed by atoms with Crippen molar-refractivity contribution in [2.24, 2.45) is 11.8 Å². The Hall–Kier alpha value is -2.90. The summed E-state index contributed by atoms with van der Waals surface area (Å²) in [6.07, 6.45) is 0.987. The summed E-state index contributed by atoms with van der Waals surface area (Å²) >= 11 is 0. The Labute approximate surface area is 170 Å². The Morgan fingerprint density at radius 1 is 1.17 bits per heavy atom. The quantitative estimate of drug-likeness (QED) is 0.611. The van der Waals surface area contributed by atoms with E-state index in [1.807, 2.05) is 30.3 Å². The van der Waals surface area contributed by atoms with Gasteiger partial charge in [0.05, 0.1) is 0 Å². The number of ketones is 1. The van der Waals surface area contributed by atoms with E-state index in [1.165, 1.54) is 0 Å². The number of aliphatic carboxylic acids is 1. The van der Waals surface area contributed by atoms with E-state index in [4.69, 9.17) is 4.74 Å². The molecule has 0 aliphatic heterocycles. The average Bonchev–Trinajstić information content (AvgIpc) is 2.68. The van der Waals surface area contributed by atoms with Crippen molar-refractivity contribution in [2.75, 3.05) is 0 Å². The van der Waals surface area contributed by atoms with E-state index in [1.54, 1.807) is 13.8 Å². The van der Waals surface area contributed by atoms with Crippen LogP contribution in [0.5, 0.6) is 0 Å². The van der Waals surface area contributed by atoms with Crippen molar-refractivity contribution in [3.05, 3.63) is 35.9 Å². The van der Waals surface area contributed by atoms with Crippen LogP contribution in [0.1, 0.15) is 45.1 Å². The largest absolute Gasteiger partial charge is 0.480 e. The third-order valence-corrected chi connectivity index (χ3v) is 4.99. The van der Waals surface area contributed by atoms with Gasteiger partial charge in [-0.3, -0.25) is 9.59 Å². The van der Waals surface area contributed by atoms with Gasteiger partial charge < -0.3 is 20.5 Å². The highest BCUT2D eigenvalue weighted by Crippen LogP contribution is 2.25. The number of rotatable bonds is 8. The third-order valence-electron chi connectivity index (χ3n) is 4.99. The summed E-state index contributed by atoms with van der Waals surface area (Å²) in [6, 6.07) is 6.98. The third kappa shape index (κ3) is 6.89. The zero-order valence-corrected chi connectivity index (χ0v) is 16.7. The van der Waals surface area contributed by atoms with E-state index >= 15 is 0 Å². The molecule has 2 amide bonds. The topological polar surface area (TPSA) is 122 Å². The maximum absolute atomic E-state index is 12.7. The van der Waals surface area contributed by atoms with Crippen LogP contribution in [0.2, 0.25) is 0 Å². The van der Waals surface area contributed by atoms with Gasteiger partial charge in [0.25, 0.3) is 0 Å². The van der Waals surface area contributed by atoms with Gasteiger partial charge in [0.1, 0.15) is 24.5 Å². The summed E-state index contributed by atoms with van der Waals surface area (Å²) in [5.41, 5.74) is 0.807. The summed E-state index contributed by atoms with van der Waals surface area (Å²) < 4.78 is 5.15. The molecule has 0 spiro atoms. The Kier molecular flexibility index (Phi) is 8.18. The molecular weight excluding hydrogens is 376 g/mol. The van der Waals surface area contributed by atoms with Crippen molar-refractivity contribution >= 4 is 23.8 Å². The van der Waals surface area contributed by atoms with Crippen LogP contribution in [0.3, 0.4) is 0 Å². The van der Waals surface area contributed by atoms with Gasteiger partial charge in [-0.2, -0.15) is 0 Å². The number of carbonyl (C=O) groups excluding carboxylic acids is 3. The number of hydrogen-bond donors (Lipinski definition) is 3. The molecule has 3 atom stereocenters. The second-order valence-electron chi connectivity index (χ2n) is 7.65. The molecule has 8 nitrogen and oxygen atoms in total. The fourth-order valence-electron chi connectivity index (χ4n) is 3.39. The minimum absolute atomic E-state index is 0.00442. The van der Waals surface area contributed by atoms with E-state index in [-0.39, 0.29) is 24.7 Å². The molecule has 8 heteroatoms. The van der Waals surface area contributed by atoms with Gasteiger partial charge in [0.2, 0.25) is 5.91 Å². The van der Waals surface area contributed by atoms with Crippen molar-refractivity contribution < 1.29 is 29.0 Å². The summed E-state index contributed by atoms with van der Waals surface area (Å²) in [7, 11) is 0. The lowest BCUT2D eigenvalue weighted by atomic mass is 9.83. The van der Waals surface area contributed by atoms with E-state index in [9.17, 15) is 24.3 Å². The van der Waals surface area contributed by atoms with Crippen molar-refractivity contribution in [3.8, 4) is 0 Å². The minimum Gasteiger partial charge on any atom is -0.480 e. The zero-order valence-electron chi connectivity index (χ0n) is 16.7. The van der Waals surface area contributed by atoms with E-state index in [0.29, 0.717) is 19.3 Å². The zero-order chi connectivity index (χ0) is 21.4. The number of benzene rings is 1. The van der Waals surface area contributed by atoms with Gasteiger partial charge in [-0.15, -0.1) is 0 Å². The molecule has 0 saturated heterocycles. The highest BCUT2D eigenvalue weighted by Gasteiger charge is 2.35. The number of amides is 2. The standard InChI is InChI=1S/C21H28N2O6/c1-13(2)17(23-21(28)29-12-14-7-4-3-5-8-14)19(25)22-18(20(26)27)15-9-6-10-16(24)11-15/h3-5,7-8,13,15,17-18H,6,9-12H2,1-2H3,(H,22,25)(H,23,28)(H,26,27)/t15-,17-,18-/m0/s1. The molecule has 1 aromatic rings. The SMILES string of the molecule is CC(C)[C@H](NC(=O)OCc1ccccc1)C(=O)N[C@H](C(=O)O)[C@H]1CCCC(=O)C1. The van der Waals surface area contributed by atoms with Crippen LogP contribution in [-0.4, -0.2) is 40.9 Å². The second-order valence-corrected chi connectivity index (χ2v) is 7.65. The monoisotopic (exact) mass is 404 g/mol. The average molecular weight is 404 g/mol. The normalized spacial score (nSPS) is 18.6. The predicted octanol–water partition coefficient (Wildman–Crippen LogP) is 2.27. The maximum Gasteiger partial charge on any atom is 0.408 e. The molecule has 1 aliphatic carbocycles. The number of carboxylic acid groups (broad SMARTS) is 1. The van der Waals surface area contributed by atoms with Crippen LogP contribution in [0.4, 0.5) is 4.79 Å². The van der Waals surface area contributed by atoms with Crippen LogP contribution in [0.15, 0.2) is 30.3 Å². The molecule has 2 rings (SSSR count). The number of nitrogens with one attached hydrogen (secondary N) is 2. The molecule has 0 aromatic heterocycles. The van der Waals surface area contributed by atoms with Gasteiger partial charge in [0, 0.05) is 12.8 Å². The molecule has 158 valence electrons. The lowest BCUT2D eigenvalue weighted by molar-refractivity contribution is -0.144. The maximum atomic E-state index is 12.7. The predicted molar refractivity (Wildman–Crippen MR) is 105 cm³/mol. The lowest BCUT2D eigenvalue weighted by Crippen LogP contribution is -2.56. The first-order valence-corrected chi connectivity index (χ1v) is 9.80. The van der Waals surface area contributed by atoms with Crippen LogP contribution in [-0.2, 0) is 25.7 Å². The van der Waals surface area contributed by atoms with E-state index in [2.05, 4.69) is 10.6 Å². The molecule has 3 N–H and O–H groups in total. The Morgan fingerprint density at radius 2 is 1.86 bits per heavy atom. The van der Waals surface area contributed by atoms with Gasteiger partial charge >= 0.3 is 12.1 Å². The summed E-state index contributed by atoms with van der Waals surface area (Å²) in [4.78, 5) is 48.2.